The second-order valence-electron chi connectivity index (χ2n) is 19.9. The molecule has 0 saturated heterocycles. The van der Waals surface area contributed by atoms with E-state index in [0.29, 0.717) is 19.3 Å². The third-order valence-corrected chi connectivity index (χ3v) is 13.1. The summed E-state index contributed by atoms with van der Waals surface area (Å²) in [4.78, 5) is 38.2. The Bertz CT molecular complexity index is 1190. The molecule has 0 aromatic heterocycles. The molecule has 0 fully saturated rings. The second-order valence-corrected chi connectivity index (χ2v) is 19.9. The van der Waals surface area contributed by atoms with Crippen LogP contribution in [-0.2, 0) is 28.6 Å². The summed E-state index contributed by atoms with van der Waals surface area (Å²) in [6.45, 7) is 6.62. The third kappa shape index (κ3) is 54.3. The van der Waals surface area contributed by atoms with Gasteiger partial charge in [0.1, 0.15) is 13.2 Å². The van der Waals surface area contributed by atoms with Crippen LogP contribution in [0.25, 0.3) is 0 Å². The Morgan fingerprint density at radius 3 is 0.897 bits per heavy atom. The molecule has 0 saturated carbocycles. The molecule has 0 aliphatic rings. The van der Waals surface area contributed by atoms with E-state index in [4.69, 9.17) is 14.2 Å². The molecule has 0 aromatic rings. The molecule has 6 heteroatoms. The number of rotatable bonds is 54. The second kappa shape index (κ2) is 57.0. The van der Waals surface area contributed by atoms with Crippen LogP contribution < -0.4 is 0 Å². The lowest BCUT2D eigenvalue weighted by Gasteiger charge is -2.18. The van der Waals surface area contributed by atoms with Gasteiger partial charge in [0.15, 0.2) is 6.10 Å². The first kappa shape index (κ1) is 65.4. The molecule has 396 valence electrons. The summed E-state index contributed by atoms with van der Waals surface area (Å²) < 4.78 is 16.8. The summed E-state index contributed by atoms with van der Waals surface area (Å²) in [7, 11) is 0. The van der Waals surface area contributed by atoms with E-state index in [1.54, 1.807) is 0 Å². The molecule has 0 bridgehead atoms. The van der Waals surface area contributed by atoms with Gasteiger partial charge < -0.3 is 14.2 Å². The van der Waals surface area contributed by atoms with Crippen LogP contribution in [0.1, 0.15) is 310 Å². The van der Waals surface area contributed by atoms with E-state index >= 15 is 0 Å². The van der Waals surface area contributed by atoms with Crippen molar-refractivity contribution in [1.82, 2.24) is 0 Å². The summed E-state index contributed by atoms with van der Waals surface area (Å²) in [6.07, 6.45) is 69.7. The van der Waals surface area contributed by atoms with Crippen LogP contribution in [0.5, 0.6) is 0 Å². The molecule has 0 aliphatic carbocycles. The highest BCUT2D eigenvalue weighted by atomic mass is 16.6. The molecule has 0 heterocycles. The minimum atomic E-state index is -0.799. The van der Waals surface area contributed by atoms with Gasteiger partial charge in [-0.25, -0.2) is 0 Å². The van der Waals surface area contributed by atoms with Crippen LogP contribution in [0, 0.1) is 0 Å². The Hall–Kier alpha value is -2.63. The fraction of sp³-hybridized carbons (Fsp3) is 0.823. The Morgan fingerprint density at radius 2 is 0.544 bits per heavy atom. The smallest absolute Gasteiger partial charge is 0.306 e. The van der Waals surface area contributed by atoms with Crippen molar-refractivity contribution in [3.8, 4) is 0 Å². The average molecular weight is 954 g/mol. The topological polar surface area (TPSA) is 78.9 Å². The van der Waals surface area contributed by atoms with Crippen molar-refractivity contribution >= 4 is 17.9 Å². The Morgan fingerprint density at radius 1 is 0.294 bits per heavy atom. The Kier molecular flexibility index (Phi) is 54.8. The monoisotopic (exact) mass is 953 g/mol. The van der Waals surface area contributed by atoms with Crippen molar-refractivity contribution in [2.45, 2.75) is 316 Å². The van der Waals surface area contributed by atoms with E-state index in [9.17, 15) is 14.4 Å². The summed E-state index contributed by atoms with van der Waals surface area (Å²) >= 11 is 0. The van der Waals surface area contributed by atoms with E-state index < -0.39 is 6.10 Å². The number of carbonyl (C=O) groups excluding carboxylic acids is 3. The van der Waals surface area contributed by atoms with Crippen molar-refractivity contribution in [2.75, 3.05) is 13.2 Å². The molecule has 0 spiro atoms. The first-order valence-electron chi connectivity index (χ1n) is 29.6. The highest BCUT2D eigenvalue weighted by Crippen LogP contribution is 2.16. The van der Waals surface area contributed by atoms with E-state index in [1.165, 1.54) is 205 Å². The zero-order valence-electron chi connectivity index (χ0n) is 45.4. The summed E-state index contributed by atoms with van der Waals surface area (Å²) in [5, 5.41) is 0. The molecule has 0 aliphatic heterocycles. The molecule has 0 N–H and O–H groups in total. The number of hydrogen-bond donors (Lipinski definition) is 0. The fourth-order valence-electron chi connectivity index (χ4n) is 8.57. The maximum atomic E-state index is 12.8. The molecule has 1 atom stereocenters. The lowest BCUT2D eigenvalue weighted by atomic mass is 10.0. The molecular weight excluding hydrogens is 841 g/mol. The van der Waals surface area contributed by atoms with Gasteiger partial charge in [0.05, 0.1) is 0 Å². The SMILES string of the molecule is CCCCCC/C=C\CCCCCCCCCC(=O)OCC(COC(=O)CCCCCCCCCCCCCCCCCCCC)OC(=O)CCC/C=C\C/C=C\C/C=C\CCCCCCCC. The predicted molar refractivity (Wildman–Crippen MR) is 293 cm³/mol. The summed E-state index contributed by atoms with van der Waals surface area (Å²) in [6, 6.07) is 0. The predicted octanol–water partition coefficient (Wildman–Crippen LogP) is 19.8. The third-order valence-electron chi connectivity index (χ3n) is 13.1. The maximum absolute atomic E-state index is 12.8. The number of allylic oxidation sites excluding steroid dienone is 8. The number of ether oxygens (including phenoxy) is 3. The van der Waals surface area contributed by atoms with Crippen molar-refractivity contribution in [3.05, 3.63) is 48.6 Å². The zero-order chi connectivity index (χ0) is 49.3. The first-order chi connectivity index (χ1) is 33.5. The van der Waals surface area contributed by atoms with Gasteiger partial charge in [-0.3, -0.25) is 14.4 Å². The maximum Gasteiger partial charge on any atom is 0.306 e. The van der Waals surface area contributed by atoms with Gasteiger partial charge in [-0.2, -0.15) is 0 Å². The van der Waals surface area contributed by atoms with E-state index in [0.717, 1.165) is 57.8 Å². The van der Waals surface area contributed by atoms with Crippen molar-refractivity contribution in [2.24, 2.45) is 0 Å². The fourth-order valence-corrected chi connectivity index (χ4v) is 8.57. The minimum absolute atomic E-state index is 0.0911. The largest absolute Gasteiger partial charge is 0.462 e. The van der Waals surface area contributed by atoms with E-state index in [1.807, 2.05) is 0 Å². The minimum Gasteiger partial charge on any atom is -0.462 e. The van der Waals surface area contributed by atoms with Crippen molar-refractivity contribution < 1.29 is 28.6 Å². The van der Waals surface area contributed by atoms with E-state index in [2.05, 4.69) is 69.4 Å². The Balaban J connectivity index is 4.41. The van der Waals surface area contributed by atoms with Gasteiger partial charge >= 0.3 is 17.9 Å². The van der Waals surface area contributed by atoms with Crippen LogP contribution in [-0.4, -0.2) is 37.2 Å². The van der Waals surface area contributed by atoms with Crippen LogP contribution in [0.15, 0.2) is 48.6 Å². The van der Waals surface area contributed by atoms with Gasteiger partial charge in [-0.1, -0.05) is 262 Å². The number of carbonyl (C=O) groups is 3. The average Bonchev–Trinajstić information content (AvgIpc) is 3.34. The highest BCUT2D eigenvalue weighted by Gasteiger charge is 2.19. The van der Waals surface area contributed by atoms with Crippen LogP contribution in [0.4, 0.5) is 0 Å². The summed E-state index contributed by atoms with van der Waals surface area (Å²) in [5.41, 5.74) is 0. The lowest BCUT2D eigenvalue weighted by molar-refractivity contribution is -0.167. The lowest BCUT2D eigenvalue weighted by Crippen LogP contribution is -2.30. The van der Waals surface area contributed by atoms with Crippen LogP contribution in [0.3, 0.4) is 0 Å². The number of esters is 3. The van der Waals surface area contributed by atoms with Gasteiger partial charge in [-0.15, -0.1) is 0 Å². The molecule has 1 unspecified atom stereocenters. The summed E-state index contributed by atoms with van der Waals surface area (Å²) in [5.74, 6) is -0.933. The van der Waals surface area contributed by atoms with Gasteiger partial charge in [-0.05, 0) is 77.0 Å². The Labute approximate surface area is 422 Å². The number of unbranched alkanes of at least 4 members (excludes halogenated alkanes) is 35. The molecule has 0 aromatic carbocycles. The zero-order valence-corrected chi connectivity index (χ0v) is 45.4. The molecule has 0 radical (unpaired) electrons. The molecule has 6 nitrogen and oxygen atoms in total. The first-order valence-corrected chi connectivity index (χ1v) is 29.6. The number of hydrogen-bond acceptors (Lipinski definition) is 6. The quantitative estimate of drug-likeness (QED) is 0.0262. The van der Waals surface area contributed by atoms with Crippen molar-refractivity contribution in [1.29, 1.82) is 0 Å². The van der Waals surface area contributed by atoms with Crippen LogP contribution >= 0.6 is 0 Å². The highest BCUT2D eigenvalue weighted by molar-refractivity contribution is 5.71. The van der Waals surface area contributed by atoms with Gasteiger partial charge in [0, 0.05) is 19.3 Å². The van der Waals surface area contributed by atoms with Crippen LogP contribution in [0.2, 0.25) is 0 Å². The van der Waals surface area contributed by atoms with Gasteiger partial charge in [0.25, 0.3) is 0 Å². The van der Waals surface area contributed by atoms with Gasteiger partial charge in [0.2, 0.25) is 0 Å². The molecular formula is C62H112O6. The van der Waals surface area contributed by atoms with Crippen molar-refractivity contribution in [3.63, 3.8) is 0 Å². The molecule has 0 rings (SSSR count). The van der Waals surface area contributed by atoms with E-state index in [-0.39, 0.29) is 37.5 Å². The molecule has 68 heavy (non-hydrogen) atoms. The molecule has 0 amide bonds. The normalized spacial score (nSPS) is 12.3. The standard InChI is InChI=1S/C62H112O6/c1-4-7-10-13-16-19-22-25-28-30-32-34-37-40-43-46-49-52-55-61(64)67-58-59(57-66-60(63)54-51-48-45-42-39-36-33-27-24-21-18-15-12-9-6-3)68-62(65)56-53-50-47-44-41-38-35-31-29-26-23-20-17-14-11-8-5-2/h21,24,26,29,35,38,44,47,59H,4-20,22-23,25,27-28,30-34,36-37,39-43,45-46,48-58H2,1-3H3/b24-21-,29-26-,38-35-,47-44-.